The Labute approximate surface area is 91.4 Å². The lowest BCUT2D eigenvalue weighted by Crippen LogP contribution is -1.95. The van der Waals surface area contributed by atoms with E-state index < -0.39 is 5.97 Å². The summed E-state index contributed by atoms with van der Waals surface area (Å²) in [5.74, 6) is -0.884. The first kappa shape index (κ1) is 11.0. The Hall–Kier alpha value is -1.09. The molecule has 0 aromatic heterocycles. The standard InChI is InChI=1S/C11H11BrO2/c1-7-5-9(3-4-10(7)12)6-8(2)11(13)14/h3-6H,1-2H3,(H,13,14). The fourth-order valence-corrected chi connectivity index (χ4v) is 1.32. The van der Waals surface area contributed by atoms with Crippen molar-refractivity contribution < 1.29 is 9.90 Å². The van der Waals surface area contributed by atoms with E-state index in [1.807, 2.05) is 25.1 Å². The average Bonchev–Trinajstić information content (AvgIpc) is 2.11. The largest absolute Gasteiger partial charge is 0.478 e. The van der Waals surface area contributed by atoms with Crippen molar-refractivity contribution >= 4 is 28.0 Å². The molecule has 0 saturated heterocycles. The van der Waals surface area contributed by atoms with E-state index in [4.69, 9.17) is 5.11 Å². The first-order valence-electron chi connectivity index (χ1n) is 4.18. The van der Waals surface area contributed by atoms with Gasteiger partial charge < -0.3 is 5.11 Å². The van der Waals surface area contributed by atoms with E-state index in [0.29, 0.717) is 5.57 Å². The molecule has 1 rings (SSSR count). The molecule has 0 aliphatic rings. The van der Waals surface area contributed by atoms with Crippen LogP contribution >= 0.6 is 15.9 Å². The van der Waals surface area contributed by atoms with Crippen molar-refractivity contribution in [3.05, 3.63) is 39.4 Å². The highest BCUT2D eigenvalue weighted by Gasteiger charge is 2.00. The van der Waals surface area contributed by atoms with Gasteiger partial charge in [-0.3, -0.25) is 0 Å². The van der Waals surface area contributed by atoms with Crippen molar-refractivity contribution in [2.45, 2.75) is 13.8 Å². The van der Waals surface area contributed by atoms with Gasteiger partial charge in [-0.05, 0) is 37.1 Å². The monoisotopic (exact) mass is 254 g/mol. The summed E-state index contributed by atoms with van der Waals surface area (Å²) in [5, 5.41) is 8.69. The van der Waals surface area contributed by atoms with E-state index in [1.54, 1.807) is 13.0 Å². The van der Waals surface area contributed by atoms with Gasteiger partial charge in [0, 0.05) is 10.0 Å². The maximum atomic E-state index is 10.6. The number of aliphatic carboxylic acids is 1. The molecule has 0 heterocycles. The van der Waals surface area contributed by atoms with Gasteiger partial charge in [-0.1, -0.05) is 28.1 Å². The second-order valence-corrected chi connectivity index (χ2v) is 4.00. The third-order valence-corrected chi connectivity index (χ3v) is 2.79. The number of aryl methyl sites for hydroxylation is 1. The highest BCUT2D eigenvalue weighted by atomic mass is 79.9. The predicted octanol–water partition coefficient (Wildman–Crippen LogP) is 3.25. The van der Waals surface area contributed by atoms with Crippen LogP contribution < -0.4 is 0 Å². The van der Waals surface area contributed by atoms with Gasteiger partial charge in [0.2, 0.25) is 0 Å². The molecule has 0 aliphatic heterocycles. The molecule has 0 atom stereocenters. The lowest BCUT2D eigenvalue weighted by molar-refractivity contribution is -0.132. The van der Waals surface area contributed by atoms with Crippen molar-refractivity contribution in [3.8, 4) is 0 Å². The van der Waals surface area contributed by atoms with Gasteiger partial charge >= 0.3 is 5.97 Å². The van der Waals surface area contributed by atoms with Crippen LogP contribution in [-0.2, 0) is 4.79 Å². The summed E-state index contributed by atoms with van der Waals surface area (Å²) >= 11 is 3.39. The van der Waals surface area contributed by atoms with Crippen LogP contribution in [0, 0.1) is 6.92 Å². The van der Waals surface area contributed by atoms with Crippen LogP contribution in [-0.4, -0.2) is 11.1 Å². The number of benzene rings is 1. The highest BCUT2D eigenvalue weighted by Crippen LogP contribution is 2.18. The minimum absolute atomic E-state index is 0.340. The summed E-state index contributed by atoms with van der Waals surface area (Å²) in [4.78, 5) is 10.6. The number of halogens is 1. The molecule has 0 amide bonds. The second-order valence-electron chi connectivity index (χ2n) is 3.14. The van der Waals surface area contributed by atoms with Crippen LogP contribution in [0.4, 0.5) is 0 Å². The van der Waals surface area contributed by atoms with Crippen molar-refractivity contribution in [1.29, 1.82) is 0 Å². The van der Waals surface area contributed by atoms with E-state index >= 15 is 0 Å². The number of carboxylic acid groups (broad SMARTS) is 1. The zero-order valence-electron chi connectivity index (χ0n) is 8.04. The smallest absolute Gasteiger partial charge is 0.331 e. The molecule has 0 unspecified atom stereocenters. The number of hydrogen-bond acceptors (Lipinski definition) is 1. The number of hydrogen-bond donors (Lipinski definition) is 1. The van der Waals surface area contributed by atoms with E-state index in [-0.39, 0.29) is 0 Å². The van der Waals surface area contributed by atoms with Crippen molar-refractivity contribution in [2.24, 2.45) is 0 Å². The first-order valence-corrected chi connectivity index (χ1v) is 4.98. The summed E-state index contributed by atoms with van der Waals surface area (Å²) in [6.07, 6.45) is 1.65. The van der Waals surface area contributed by atoms with Crippen molar-refractivity contribution in [1.82, 2.24) is 0 Å². The van der Waals surface area contributed by atoms with Crippen LogP contribution in [0.5, 0.6) is 0 Å². The quantitative estimate of drug-likeness (QED) is 0.823. The number of rotatable bonds is 2. The summed E-state index contributed by atoms with van der Waals surface area (Å²) in [6.45, 7) is 3.55. The van der Waals surface area contributed by atoms with Gasteiger partial charge in [-0.15, -0.1) is 0 Å². The summed E-state index contributed by atoms with van der Waals surface area (Å²) in [5.41, 5.74) is 2.34. The fourth-order valence-electron chi connectivity index (χ4n) is 1.07. The summed E-state index contributed by atoms with van der Waals surface area (Å²) in [7, 11) is 0. The zero-order chi connectivity index (χ0) is 10.7. The molecule has 2 nitrogen and oxygen atoms in total. The minimum atomic E-state index is -0.884. The van der Waals surface area contributed by atoms with Crippen molar-refractivity contribution in [2.75, 3.05) is 0 Å². The molecule has 1 aromatic carbocycles. The van der Waals surface area contributed by atoms with Crippen LogP contribution in [0.3, 0.4) is 0 Å². The average molecular weight is 255 g/mol. The predicted molar refractivity (Wildman–Crippen MR) is 60.2 cm³/mol. The third kappa shape index (κ3) is 2.70. The molecule has 0 saturated carbocycles. The topological polar surface area (TPSA) is 37.3 Å². The van der Waals surface area contributed by atoms with Crippen LogP contribution in [0.15, 0.2) is 28.2 Å². The van der Waals surface area contributed by atoms with Crippen LogP contribution in [0.25, 0.3) is 6.08 Å². The van der Waals surface area contributed by atoms with E-state index in [2.05, 4.69) is 15.9 Å². The first-order chi connectivity index (χ1) is 6.50. The maximum absolute atomic E-state index is 10.6. The van der Waals surface area contributed by atoms with Gasteiger partial charge in [-0.25, -0.2) is 4.79 Å². The Bertz CT molecular complexity index is 394. The Balaban J connectivity index is 3.04. The Morgan fingerprint density at radius 2 is 2.14 bits per heavy atom. The SMILES string of the molecule is CC(=Cc1ccc(Br)c(C)c1)C(=O)O. The lowest BCUT2D eigenvalue weighted by atomic mass is 10.1. The van der Waals surface area contributed by atoms with Crippen molar-refractivity contribution in [3.63, 3.8) is 0 Å². The van der Waals surface area contributed by atoms with Crippen LogP contribution in [0.2, 0.25) is 0 Å². The van der Waals surface area contributed by atoms with Gasteiger partial charge in [0.1, 0.15) is 0 Å². The number of carbonyl (C=O) groups is 1. The molecule has 0 spiro atoms. The Morgan fingerprint density at radius 1 is 1.50 bits per heavy atom. The lowest BCUT2D eigenvalue weighted by Gasteiger charge is -2.00. The maximum Gasteiger partial charge on any atom is 0.331 e. The molecule has 0 bridgehead atoms. The Morgan fingerprint density at radius 3 is 2.64 bits per heavy atom. The molecule has 0 fully saturated rings. The molecule has 0 radical (unpaired) electrons. The fraction of sp³-hybridized carbons (Fsp3) is 0.182. The van der Waals surface area contributed by atoms with Gasteiger partial charge in [0.15, 0.2) is 0 Å². The molecular weight excluding hydrogens is 244 g/mol. The van der Waals surface area contributed by atoms with Gasteiger partial charge in [0.05, 0.1) is 0 Å². The normalized spacial score (nSPS) is 11.5. The number of carboxylic acids is 1. The zero-order valence-corrected chi connectivity index (χ0v) is 9.63. The van der Waals surface area contributed by atoms with Crippen LogP contribution in [0.1, 0.15) is 18.1 Å². The Kier molecular flexibility index (Phi) is 3.47. The van der Waals surface area contributed by atoms with E-state index in [0.717, 1.165) is 15.6 Å². The molecule has 1 aromatic rings. The highest BCUT2D eigenvalue weighted by molar-refractivity contribution is 9.10. The molecule has 1 N–H and O–H groups in total. The molecular formula is C11H11BrO2. The second kappa shape index (κ2) is 4.42. The van der Waals surface area contributed by atoms with Gasteiger partial charge in [-0.2, -0.15) is 0 Å². The summed E-state index contributed by atoms with van der Waals surface area (Å²) in [6, 6.07) is 5.73. The van der Waals surface area contributed by atoms with Gasteiger partial charge in [0.25, 0.3) is 0 Å². The van der Waals surface area contributed by atoms with E-state index in [1.165, 1.54) is 0 Å². The molecule has 3 heteroatoms. The molecule has 0 aliphatic carbocycles. The minimum Gasteiger partial charge on any atom is -0.478 e. The third-order valence-electron chi connectivity index (χ3n) is 1.90. The molecule has 74 valence electrons. The summed E-state index contributed by atoms with van der Waals surface area (Å²) < 4.78 is 1.03. The molecule has 14 heavy (non-hydrogen) atoms. The van der Waals surface area contributed by atoms with E-state index in [9.17, 15) is 4.79 Å².